The lowest BCUT2D eigenvalue weighted by Gasteiger charge is -2.35. The Bertz CT molecular complexity index is 922. The number of aryl methyl sites for hydroxylation is 3. The summed E-state index contributed by atoms with van der Waals surface area (Å²) in [6, 6.07) is 7.39. The van der Waals surface area contributed by atoms with Crippen LogP contribution in [0.25, 0.3) is 0 Å². The summed E-state index contributed by atoms with van der Waals surface area (Å²) in [6.07, 6.45) is 0. The smallest absolute Gasteiger partial charge is 0.243 e. The van der Waals surface area contributed by atoms with Gasteiger partial charge < -0.3 is 10.2 Å². The average Bonchev–Trinajstić information content (AvgIpc) is 2.61. The monoisotopic (exact) mass is 389 g/mol. The lowest BCUT2D eigenvalue weighted by Crippen LogP contribution is -2.49. The molecule has 27 heavy (non-hydrogen) atoms. The topological polar surface area (TPSA) is 78.4 Å². The summed E-state index contributed by atoms with van der Waals surface area (Å²) in [6.45, 7) is 10.6. The van der Waals surface area contributed by atoms with Gasteiger partial charge in [-0.1, -0.05) is 17.7 Å². The molecule has 7 nitrogen and oxygen atoms in total. The van der Waals surface area contributed by atoms with Gasteiger partial charge in [-0.2, -0.15) is 4.31 Å². The van der Waals surface area contributed by atoms with Crippen molar-refractivity contribution in [1.29, 1.82) is 0 Å². The van der Waals surface area contributed by atoms with Crippen LogP contribution >= 0.6 is 0 Å². The maximum atomic E-state index is 13.0. The zero-order valence-corrected chi connectivity index (χ0v) is 17.2. The van der Waals surface area contributed by atoms with E-state index in [4.69, 9.17) is 0 Å². The first-order valence-electron chi connectivity index (χ1n) is 9.23. The molecule has 146 valence electrons. The Labute approximate surface area is 161 Å². The molecule has 0 bridgehead atoms. The molecule has 3 rings (SSSR count). The van der Waals surface area contributed by atoms with E-state index in [-0.39, 0.29) is 0 Å². The third-order valence-corrected chi connectivity index (χ3v) is 6.75. The highest BCUT2D eigenvalue weighted by Gasteiger charge is 2.30. The Kier molecular flexibility index (Phi) is 5.67. The Morgan fingerprint density at radius 1 is 1.04 bits per heavy atom. The molecule has 1 saturated heterocycles. The lowest BCUT2D eigenvalue weighted by atomic mass is 10.2. The SMILES string of the molecule is CCNc1cc(N2CCN(S(=O)(=O)c3ccc(C)cc3C)CC2)nc(C)n1. The molecule has 8 heteroatoms. The number of anilines is 2. The number of nitrogens with one attached hydrogen (secondary N) is 1. The second-order valence-corrected chi connectivity index (χ2v) is 8.76. The molecule has 1 fully saturated rings. The summed E-state index contributed by atoms with van der Waals surface area (Å²) in [5.74, 6) is 2.33. The van der Waals surface area contributed by atoms with Crippen molar-refractivity contribution in [2.75, 3.05) is 42.9 Å². The number of sulfonamides is 1. The van der Waals surface area contributed by atoms with Crippen molar-refractivity contribution in [1.82, 2.24) is 14.3 Å². The first-order valence-corrected chi connectivity index (χ1v) is 10.7. The van der Waals surface area contributed by atoms with E-state index >= 15 is 0 Å². The van der Waals surface area contributed by atoms with Gasteiger partial charge in [0, 0.05) is 38.8 Å². The fourth-order valence-electron chi connectivity index (χ4n) is 3.37. The van der Waals surface area contributed by atoms with Gasteiger partial charge in [0.1, 0.15) is 17.5 Å². The molecule has 0 amide bonds. The summed E-state index contributed by atoms with van der Waals surface area (Å²) in [5.41, 5.74) is 1.85. The van der Waals surface area contributed by atoms with Crippen LogP contribution in [0.2, 0.25) is 0 Å². The van der Waals surface area contributed by atoms with Crippen LogP contribution in [0.15, 0.2) is 29.2 Å². The standard InChI is InChI=1S/C19H27N5O2S/c1-5-20-18-13-19(22-16(4)21-18)23-8-10-24(11-9-23)27(25,26)17-7-6-14(2)12-15(17)3/h6-7,12-13H,5,8-11H2,1-4H3,(H,20,21,22). The average molecular weight is 390 g/mol. The van der Waals surface area contributed by atoms with Crippen LogP contribution in [0.3, 0.4) is 0 Å². The van der Waals surface area contributed by atoms with Gasteiger partial charge in [0.25, 0.3) is 0 Å². The predicted molar refractivity (Wildman–Crippen MR) is 108 cm³/mol. The highest BCUT2D eigenvalue weighted by molar-refractivity contribution is 7.89. The maximum absolute atomic E-state index is 13.0. The second kappa shape index (κ2) is 7.82. The van der Waals surface area contributed by atoms with Crippen LogP contribution in [-0.2, 0) is 10.0 Å². The molecular weight excluding hydrogens is 362 g/mol. The lowest BCUT2D eigenvalue weighted by molar-refractivity contribution is 0.383. The molecule has 0 atom stereocenters. The van der Waals surface area contributed by atoms with Gasteiger partial charge in [-0.05, 0) is 39.3 Å². The number of benzene rings is 1. The zero-order valence-electron chi connectivity index (χ0n) is 16.4. The third-order valence-electron chi connectivity index (χ3n) is 4.69. The fourth-order valence-corrected chi connectivity index (χ4v) is 5.00. The van der Waals surface area contributed by atoms with E-state index in [2.05, 4.69) is 20.2 Å². The van der Waals surface area contributed by atoms with Crippen molar-refractivity contribution < 1.29 is 8.42 Å². The summed E-state index contributed by atoms with van der Waals surface area (Å²) in [5, 5.41) is 3.21. The minimum atomic E-state index is -3.48. The van der Waals surface area contributed by atoms with Crippen molar-refractivity contribution >= 4 is 21.7 Å². The molecule has 2 heterocycles. The summed E-state index contributed by atoms with van der Waals surface area (Å²) < 4.78 is 27.6. The second-order valence-electron chi connectivity index (χ2n) is 6.85. The van der Waals surface area contributed by atoms with Gasteiger partial charge in [0.15, 0.2) is 0 Å². The molecule has 1 aromatic heterocycles. The highest BCUT2D eigenvalue weighted by atomic mass is 32.2. The van der Waals surface area contributed by atoms with Crippen molar-refractivity contribution in [2.24, 2.45) is 0 Å². The Morgan fingerprint density at radius 3 is 2.37 bits per heavy atom. The van der Waals surface area contributed by atoms with Crippen molar-refractivity contribution in [3.05, 3.63) is 41.2 Å². The molecule has 1 aliphatic rings. The number of aromatic nitrogens is 2. The number of hydrogen-bond acceptors (Lipinski definition) is 6. The van der Waals surface area contributed by atoms with E-state index in [1.807, 2.05) is 45.9 Å². The van der Waals surface area contributed by atoms with Crippen LogP contribution in [0.5, 0.6) is 0 Å². The molecule has 0 aliphatic carbocycles. The molecule has 2 aromatic rings. The minimum Gasteiger partial charge on any atom is -0.370 e. The van der Waals surface area contributed by atoms with Gasteiger partial charge in [0.2, 0.25) is 10.0 Å². The van der Waals surface area contributed by atoms with Crippen LogP contribution in [0, 0.1) is 20.8 Å². The van der Waals surface area contributed by atoms with Crippen molar-refractivity contribution in [3.8, 4) is 0 Å². The molecular formula is C19H27N5O2S. The van der Waals surface area contributed by atoms with Gasteiger partial charge in [-0.15, -0.1) is 0 Å². The Morgan fingerprint density at radius 2 is 1.74 bits per heavy atom. The molecule has 0 radical (unpaired) electrons. The largest absolute Gasteiger partial charge is 0.370 e. The normalized spacial score (nSPS) is 15.8. The molecule has 0 saturated carbocycles. The third kappa shape index (κ3) is 4.22. The molecule has 0 unspecified atom stereocenters. The Hall–Kier alpha value is -2.19. The van der Waals surface area contributed by atoms with Crippen molar-refractivity contribution in [2.45, 2.75) is 32.6 Å². The van der Waals surface area contributed by atoms with Crippen LogP contribution in [0.1, 0.15) is 23.9 Å². The van der Waals surface area contributed by atoms with Gasteiger partial charge in [-0.3, -0.25) is 0 Å². The van der Waals surface area contributed by atoms with E-state index in [0.717, 1.165) is 29.3 Å². The summed E-state index contributed by atoms with van der Waals surface area (Å²) in [4.78, 5) is 11.4. The highest BCUT2D eigenvalue weighted by Crippen LogP contribution is 2.24. The molecule has 0 spiro atoms. The van der Waals surface area contributed by atoms with Crippen LogP contribution in [-0.4, -0.2) is 55.4 Å². The molecule has 1 aromatic carbocycles. The quantitative estimate of drug-likeness (QED) is 0.846. The minimum absolute atomic E-state index is 0.397. The van der Waals surface area contributed by atoms with E-state index < -0.39 is 10.0 Å². The van der Waals surface area contributed by atoms with Gasteiger partial charge in [-0.25, -0.2) is 18.4 Å². The molecule has 1 aliphatic heterocycles. The van der Waals surface area contributed by atoms with E-state index in [1.54, 1.807) is 10.4 Å². The number of rotatable bonds is 5. The fraction of sp³-hybridized carbons (Fsp3) is 0.474. The van der Waals surface area contributed by atoms with Gasteiger partial charge >= 0.3 is 0 Å². The Balaban J connectivity index is 1.75. The maximum Gasteiger partial charge on any atom is 0.243 e. The first-order chi connectivity index (χ1) is 12.8. The van der Waals surface area contributed by atoms with E-state index in [9.17, 15) is 8.42 Å². The summed E-state index contributed by atoms with van der Waals surface area (Å²) in [7, 11) is -3.48. The number of piperazine rings is 1. The van der Waals surface area contributed by atoms with Crippen LogP contribution in [0.4, 0.5) is 11.6 Å². The van der Waals surface area contributed by atoms with Crippen LogP contribution < -0.4 is 10.2 Å². The van der Waals surface area contributed by atoms with E-state index in [1.165, 1.54) is 0 Å². The summed E-state index contributed by atoms with van der Waals surface area (Å²) >= 11 is 0. The number of nitrogens with zero attached hydrogens (tertiary/aromatic N) is 4. The predicted octanol–water partition coefficient (Wildman–Crippen LogP) is 2.34. The van der Waals surface area contributed by atoms with Crippen molar-refractivity contribution in [3.63, 3.8) is 0 Å². The van der Waals surface area contributed by atoms with E-state index in [0.29, 0.717) is 36.9 Å². The van der Waals surface area contributed by atoms with Gasteiger partial charge in [0.05, 0.1) is 4.90 Å². The zero-order chi connectivity index (χ0) is 19.6. The molecule has 1 N–H and O–H groups in total. The first kappa shape index (κ1) is 19.6. The number of hydrogen-bond donors (Lipinski definition) is 1.